The molecule has 0 aromatic heterocycles. The Bertz CT molecular complexity index is 1170. The molecule has 4 rings (SSSR count). The number of hydrogen-bond donors (Lipinski definition) is 2. The van der Waals surface area contributed by atoms with E-state index in [-0.39, 0.29) is 16.3 Å². The minimum atomic E-state index is -3.81. The summed E-state index contributed by atoms with van der Waals surface area (Å²) in [5.41, 5.74) is 0.116. The summed E-state index contributed by atoms with van der Waals surface area (Å²) >= 11 is 0. The largest absolute Gasteiger partial charge is 0.348 e. The molecule has 0 unspecified atom stereocenters. The minimum Gasteiger partial charge on any atom is -0.348 e. The number of nitrogens with two attached hydrogens (primary N) is 1. The van der Waals surface area contributed by atoms with Gasteiger partial charge in [0.25, 0.3) is 5.69 Å². The molecule has 0 saturated heterocycles. The zero-order valence-corrected chi connectivity index (χ0v) is 15.8. The Morgan fingerprint density at radius 1 is 1.04 bits per heavy atom. The van der Waals surface area contributed by atoms with Crippen LogP contribution in [0.4, 0.5) is 17.1 Å². The highest BCUT2D eigenvalue weighted by Gasteiger charge is 2.34. The Morgan fingerprint density at radius 2 is 1.71 bits per heavy atom. The second-order valence-corrected chi connectivity index (χ2v) is 8.61. The van der Waals surface area contributed by atoms with Crippen LogP contribution >= 0.6 is 0 Å². The highest BCUT2D eigenvalue weighted by atomic mass is 32.2. The minimum absolute atomic E-state index is 0.0355. The van der Waals surface area contributed by atoms with E-state index in [2.05, 4.69) is 5.32 Å². The lowest BCUT2D eigenvalue weighted by molar-refractivity contribution is -0.384. The molecule has 1 fully saturated rings. The van der Waals surface area contributed by atoms with Gasteiger partial charge < -0.3 is 5.32 Å². The zero-order chi connectivity index (χ0) is 19.9. The molecule has 9 nitrogen and oxygen atoms in total. The van der Waals surface area contributed by atoms with Crippen LogP contribution in [0.25, 0.3) is 0 Å². The molecule has 2 aromatic carbocycles. The summed E-state index contributed by atoms with van der Waals surface area (Å²) in [6.07, 6.45) is 4.86. The Hall–Kier alpha value is -2.85. The van der Waals surface area contributed by atoms with Gasteiger partial charge in [-0.2, -0.15) is 0 Å². The van der Waals surface area contributed by atoms with Crippen LogP contribution in [0.3, 0.4) is 0 Å². The third kappa shape index (κ3) is 3.36. The molecule has 0 atom stereocenters. The summed E-state index contributed by atoms with van der Waals surface area (Å²) in [6.45, 7) is 0. The summed E-state index contributed by atoms with van der Waals surface area (Å²) in [7, 11) is -3.81. The molecule has 1 aliphatic carbocycles. The third-order valence-electron chi connectivity index (χ3n) is 5.09. The van der Waals surface area contributed by atoms with Gasteiger partial charge in [0.15, 0.2) is 5.66 Å². The van der Waals surface area contributed by atoms with E-state index in [1.54, 1.807) is 6.07 Å². The average molecular weight is 401 g/mol. The summed E-state index contributed by atoms with van der Waals surface area (Å²) in [5, 5.41) is 20.8. The first-order chi connectivity index (χ1) is 13.3. The van der Waals surface area contributed by atoms with Gasteiger partial charge in [-0.1, -0.05) is 6.42 Å². The summed E-state index contributed by atoms with van der Waals surface area (Å²) in [6, 6.07) is 8.75. The average Bonchev–Trinajstić information content (AvgIpc) is 3.00. The van der Waals surface area contributed by atoms with Gasteiger partial charge in [-0.25, -0.2) is 13.6 Å². The Morgan fingerprint density at radius 3 is 2.32 bits per heavy atom. The number of nitro benzene ring substituents is 1. The lowest BCUT2D eigenvalue weighted by Gasteiger charge is -2.27. The molecule has 2 aliphatic rings. The third-order valence-corrected chi connectivity index (χ3v) is 6.02. The van der Waals surface area contributed by atoms with Crippen LogP contribution in [0, 0.1) is 10.1 Å². The first-order valence-electron chi connectivity index (χ1n) is 8.95. The van der Waals surface area contributed by atoms with E-state index in [1.807, 2.05) is 0 Å². The fraction of sp³-hybridized carbons (Fsp3) is 0.333. The van der Waals surface area contributed by atoms with Crippen molar-refractivity contribution >= 4 is 27.1 Å². The molecular weight excluding hydrogens is 382 g/mol. The Kier molecular flexibility index (Phi) is 4.39. The van der Waals surface area contributed by atoms with Crippen molar-refractivity contribution in [2.24, 2.45) is 15.1 Å². The lowest BCUT2D eigenvalue weighted by atomic mass is 9.90. The molecule has 1 spiro atoms. The highest BCUT2D eigenvalue weighted by Crippen LogP contribution is 2.34. The van der Waals surface area contributed by atoms with Crippen LogP contribution in [0.1, 0.15) is 32.1 Å². The van der Waals surface area contributed by atoms with Gasteiger partial charge in [0.2, 0.25) is 10.0 Å². The molecule has 0 amide bonds. The number of nitro groups is 1. The Labute approximate surface area is 161 Å². The van der Waals surface area contributed by atoms with Gasteiger partial charge in [0.05, 0.1) is 15.2 Å². The summed E-state index contributed by atoms with van der Waals surface area (Å²) in [4.78, 5) is 20.6. The molecule has 1 heterocycles. The van der Waals surface area contributed by atoms with E-state index in [0.29, 0.717) is 16.4 Å². The summed E-state index contributed by atoms with van der Waals surface area (Å²) in [5.74, 6) is 0. The van der Waals surface area contributed by atoms with Crippen molar-refractivity contribution in [3.63, 3.8) is 0 Å². The van der Waals surface area contributed by atoms with Crippen molar-refractivity contribution in [1.82, 2.24) is 0 Å². The molecule has 1 saturated carbocycles. The van der Waals surface area contributed by atoms with Crippen molar-refractivity contribution in [3.8, 4) is 0 Å². The number of fused-ring (bicyclic) bond motifs is 1. The van der Waals surface area contributed by atoms with E-state index in [9.17, 15) is 18.5 Å². The van der Waals surface area contributed by atoms with Crippen LogP contribution in [0.15, 0.2) is 51.3 Å². The SMILES string of the molecule is NS(=O)(=O)c1ccc(Nc2c([N+](=O)[O-])ccc3c2=NC2(CCCCC2)N=3)cc1. The smallest absolute Gasteiger partial charge is 0.295 e. The number of anilines is 2. The van der Waals surface area contributed by atoms with E-state index in [4.69, 9.17) is 15.1 Å². The normalized spacial score (nSPS) is 17.5. The van der Waals surface area contributed by atoms with Gasteiger partial charge in [0, 0.05) is 11.8 Å². The number of rotatable bonds is 4. The fourth-order valence-electron chi connectivity index (χ4n) is 3.72. The number of nitrogens with zero attached hydrogens (tertiary/aromatic N) is 3. The van der Waals surface area contributed by atoms with Crippen LogP contribution in [-0.4, -0.2) is 19.0 Å². The van der Waals surface area contributed by atoms with Crippen LogP contribution in [-0.2, 0) is 10.0 Å². The summed E-state index contributed by atoms with van der Waals surface area (Å²) < 4.78 is 22.8. The van der Waals surface area contributed by atoms with Crippen molar-refractivity contribution in [2.45, 2.75) is 42.7 Å². The monoisotopic (exact) mass is 401 g/mol. The first kappa shape index (κ1) is 18.5. The van der Waals surface area contributed by atoms with Gasteiger partial charge in [-0.05, 0) is 56.0 Å². The second-order valence-electron chi connectivity index (χ2n) is 7.05. The molecule has 0 bridgehead atoms. The number of nitrogens with one attached hydrogen (secondary N) is 1. The van der Waals surface area contributed by atoms with Crippen LogP contribution in [0.2, 0.25) is 0 Å². The van der Waals surface area contributed by atoms with Crippen LogP contribution < -0.4 is 21.2 Å². The van der Waals surface area contributed by atoms with Gasteiger partial charge >= 0.3 is 0 Å². The molecule has 10 heteroatoms. The number of benzene rings is 2. The number of hydrogen-bond acceptors (Lipinski definition) is 7. The fourth-order valence-corrected chi connectivity index (χ4v) is 4.23. The topological polar surface area (TPSA) is 140 Å². The maximum atomic E-state index is 11.6. The first-order valence-corrected chi connectivity index (χ1v) is 10.5. The second kappa shape index (κ2) is 6.64. The maximum Gasteiger partial charge on any atom is 0.295 e. The maximum absolute atomic E-state index is 11.6. The van der Waals surface area contributed by atoms with E-state index in [1.165, 1.54) is 30.3 Å². The molecule has 2 aromatic rings. The van der Waals surface area contributed by atoms with Crippen LogP contribution in [0.5, 0.6) is 0 Å². The van der Waals surface area contributed by atoms with Crippen molar-refractivity contribution in [1.29, 1.82) is 0 Å². The number of sulfonamides is 1. The molecule has 3 N–H and O–H groups in total. The van der Waals surface area contributed by atoms with Crippen molar-refractivity contribution in [3.05, 3.63) is 57.2 Å². The van der Waals surface area contributed by atoms with E-state index >= 15 is 0 Å². The molecule has 28 heavy (non-hydrogen) atoms. The molecular formula is C18H19N5O4S. The zero-order valence-electron chi connectivity index (χ0n) is 15.0. The molecule has 146 valence electrons. The Balaban J connectivity index is 1.80. The quantitative estimate of drug-likeness (QED) is 0.595. The standard InChI is InChI=1S/C18H19N5O4S/c19-28(26,27)13-6-4-12(5-7-13)20-17-15(23(24)25)9-8-14-16(17)22-18(21-14)10-2-1-3-11-18/h4-9,20H,1-3,10-11H2,(H2,19,26,27). The van der Waals surface area contributed by atoms with Crippen molar-refractivity contribution < 1.29 is 13.3 Å². The van der Waals surface area contributed by atoms with E-state index < -0.39 is 20.6 Å². The predicted octanol–water partition coefficient (Wildman–Crippen LogP) is 1.90. The molecule has 1 aliphatic heterocycles. The lowest BCUT2D eigenvalue weighted by Crippen LogP contribution is -2.26. The predicted molar refractivity (Wildman–Crippen MR) is 102 cm³/mol. The van der Waals surface area contributed by atoms with E-state index in [0.717, 1.165) is 32.1 Å². The molecule has 0 radical (unpaired) electrons. The highest BCUT2D eigenvalue weighted by molar-refractivity contribution is 7.89. The van der Waals surface area contributed by atoms with Gasteiger partial charge in [-0.15, -0.1) is 0 Å². The van der Waals surface area contributed by atoms with Gasteiger partial charge in [0.1, 0.15) is 11.0 Å². The van der Waals surface area contributed by atoms with Crippen molar-refractivity contribution in [2.75, 3.05) is 5.32 Å². The van der Waals surface area contributed by atoms with Gasteiger partial charge in [-0.3, -0.25) is 20.1 Å². The number of primary sulfonamides is 1.